The number of carbonyl (C=O) groups excluding carboxylic acids is 1. The summed E-state index contributed by atoms with van der Waals surface area (Å²) in [7, 11) is 0. The molecule has 0 saturated heterocycles. The Kier molecular flexibility index (Phi) is 4.62. The lowest BCUT2D eigenvalue weighted by Gasteiger charge is -2.13. The molecule has 0 amide bonds. The molecule has 5 heteroatoms. The second-order valence-electron chi connectivity index (χ2n) is 4.73. The monoisotopic (exact) mass is 373 g/mol. The van der Waals surface area contributed by atoms with E-state index in [0.717, 1.165) is 27.1 Å². The van der Waals surface area contributed by atoms with E-state index in [1.165, 1.54) is 0 Å². The lowest BCUT2D eigenvalue weighted by atomic mass is 10.2. The quantitative estimate of drug-likeness (QED) is 0.531. The molecule has 0 aliphatic rings. The van der Waals surface area contributed by atoms with Crippen LogP contribution in [0.25, 0.3) is 5.69 Å². The second kappa shape index (κ2) is 5.92. The van der Waals surface area contributed by atoms with Crippen molar-refractivity contribution >= 4 is 44.9 Å². The van der Waals surface area contributed by atoms with Crippen LogP contribution in [0.1, 0.15) is 27.3 Å². The van der Waals surface area contributed by atoms with Crippen molar-refractivity contribution in [3.05, 3.63) is 50.2 Å². The molecule has 0 aliphatic heterocycles. The smallest absolute Gasteiger partial charge is 0.179 e. The van der Waals surface area contributed by atoms with Gasteiger partial charge in [0.2, 0.25) is 0 Å². The maximum absolute atomic E-state index is 11.9. The van der Waals surface area contributed by atoms with Crippen LogP contribution < -0.4 is 0 Å². The second-order valence-corrected chi connectivity index (χ2v) is 6.26. The number of ketones is 1. The number of benzene rings is 1. The fourth-order valence-corrected chi connectivity index (χ4v) is 3.23. The first-order chi connectivity index (χ1) is 9.36. The highest BCUT2D eigenvalue weighted by Gasteiger charge is 2.17. The van der Waals surface area contributed by atoms with E-state index in [1.54, 1.807) is 0 Å². The molecule has 0 atom stereocenters. The highest BCUT2D eigenvalue weighted by molar-refractivity contribution is 9.10. The van der Waals surface area contributed by atoms with Crippen molar-refractivity contribution in [1.82, 2.24) is 4.57 Å². The van der Waals surface area contributed by atoms with Gasteiger partial charge in [-0.05, 0) is 60.5 Å². The predicted molar refractivity (Wildman–Crippen MR) is 87.7 cm³/mol. The topological polar surface area (TPSA) is 22.0 Å². The summed E-state index contributed by atoms with van der Waals surface area (Å²) in [5, 5.41) is 0.695. The van der Waals surface area contributed by atoms with Crippen molar-refractivity contribution in [3.63, 3.8) is 0 Å². The van der Waals surface area contributed by atoms with Gasteiger partial charge >= 0.3 is 0 Å². The van der Waals surface area contributed by atoms with E-state index in [4.69, 9.17) is 23.2 Å². The molecule has 0 spiro atoms. The molecule has 2 nitrogen and oxygen atoms in total. The molecular formula is C15H14BrCl2NO. The van der Waals surface area contributed by atoms with Crippen LogP contribution in [0.5, 0.6) is 0 Å². The largest absolute Gasteiger partial charge is 0.317 e. The van der Waals surface area contributed by atoms with Gasteiger partial charge in [0, 0.05) is 26.4 Å². The van der Waals surface area contributed by atoms with Crippen molar-refractivity contribution in [2.45, 2.75) is 20.8 Å². The highest BCUT2D eigenvalue weighted by Crippen LogP contribution is 2.31. The highest BCUT2D eigenvalue weighted by atomic mass is 79.9. The maximum atomic E-state index is 11.9. The Bertz CT molecular complexity index is 692. The molecule has 0 fully saturated rings. The number of rotatable bonds is 3. The Hall–Kier alpha value is -0.770. The van der Waals surface area contributed by atoms with Crippen molar-refractivity contribution in [2.24, 2.45) is 0 Å². The van der Waals surface area contributed by atoms with Gasteiger partial charge < -0.3 is 4.57 Å². The van der Waals surface area contributed by atoms with Crippen LogP contribution in [0.2, 0.25) is 5.02 Å². The first-order valence-corrected chi connectivity index (χ1v) is 7.81. The van der Waals surface area contributed by atoms with Crippen LogP contribution >= 0.6 is 39.1 Å². The molecule has 106 valence electrons. The van der Waals surface area contributed by atoms with Gasteiger partial charge in [-0.2, -0.15) is 0 Å². The lowest BCUT2D eigenvalue weighted by molar-refractivity contribution is 0.102. The van der Waals surface area contributed by atoms with Crippen LogP contribution in [-0.4, -0.2) is 16.2 Å². The van der Waals surface area contributed by atoms with Crippen molar-refractivity contribution in [3.8, 4) is 5.69 Å². The molecule has 1 aromatic heterocycles. The minimum atomic E-state index is -0.0691. The molecular weight excluding hydrogens is 361 g/mol. The Morgan fingerprint density at radius 1 is 1.25 bits per heavy atom. The van der Waals surface area contributed by atoms with Crippen LogP contribution in [0.3, 0.4) is 0 Å². The van der Waals surface area contributed by atoms with Crippen LogP contribution in [0, 0.1) is 20.8 Å². The molecule has 0 bridgehead atoms. The van der Waals surface area contributed by atoms with Gasteiger partial charge in [0.05, 0.1) is 11.6 Å². The Morgan fingerprint density at radius 3 is 2.50 bits per heavy atom. The first kappa shape index (κ1) is 15.6. The van der Waals surface area contributed by atoms with E-state index < -0.39 is 0 Å². The molecule has 0 N–H and O–H groups in total. The van der Waals surface area contributed by atoms with Gasteiger partial charge in [0.25, 0.3) is 0 Å². The summed E-state index contributed by atoms with van der Waals surface area (Å²) in [6, 6.07) is 5.73. The fraction of sp³-hybridized carbons (Fsp3) is 0.267. The Balaban J connectivity index is 2.68. The van der Waals surface area contributed by atoms with E-state index in [-0.39, 0.29) is 11.7 Å². The number of halogens is 3. The van der Waals surface area contributed by atoms with Gasteiger partial charge in [-0.25, -0.2) is 0 Å². The number of aryl methyl sites for hydroxylation is 2. The Morgan fingerprint density at radius 2 is 1.90 bits per heavy atom. The fourth-order valence-electron chi connectivity index (χ4n) is 2.29. The number of Topliss-reactive ketones (excluding diaryl/α,β-unsaturated/α-hetero) is 1. The maximum Gasteiger partial charge on any atom is 0.179 e. The van der Waals surface area contributed by atoms with Crippen LogP contribution in [-0.2, 0) is 0 Å². The number of carbonyl (C=O) groups is 1. The summed E-state index contributed by atoms with van der Waals surface area (Å²) in [5.74, 6) is -0.0829. The Labute approximate surface area is 136 Å². The van der Waals surface area contributed by atoms with Gasteiger partial charge in [0.1, 0.15) is 0 Å². The predicted octanol–water partition coefficient (Wildman–Crippen LogP) is 5.24. The van der Waals surface area contributed by atoms with E-state index in [9.17, 15) is 4.79 Å². The van der Waals surface area contributed by atoms with E-state index >= 15 is 0 Å². The van der Waals surface area contributed by atoms with Gasteiger partial charge in [-0.3, -0.25) is 4.79 Å². The molecule has 0 unspecified atom stereocenters. The third-order valence-corrected chi connectivity index (χ3v) is 4.61. The summed E-state index contributed by atoms with van der Waals surface area (Å²) in [5.41, 5.74) is 4.41. The number of nitrogens with zero attached hydrogens (tertiary/aromatic N) is 1. The van der Waals surface area contributed by atoms with Crippen LogP contribution in [0.15, 0.2) is 22.7 Å². The molecule has 1 aromatic carbocycles. The summed E-state index contributed by atoms with van der Waals surface area (Å²) >= 11 is 15.4. The van der Waals surface area contributed by atoms with Gasteiger partial charge in [-0.15, -0.1) is 11.6 Å². The molecule has 0 aliphatic carbocycles. The third kappa shape index (κ3) is 2.67. The van der Waals surface area contributed by atoms with Crippen molar-refractivity contribution in [2.75, 3.05) is 5.88 Å². The van der Waals surface area contributed by atoms with E-state index in [1.807, 2.05) is 43.5 Å². The zero-order valence-corrected chi connectivity index (χ0v) is 14.5. The molecule has 1 heterocycles. The molecule has 20 heavy (non-hydrogen) atoms. The molecule has 2 aromatic rings. The van der Waals surface area contributed by atoms with Gasteiger partial charge in [0.15, 0.2) is 5.78 Å². The average Bonchev–Trinajstić information content (AvgIpc) is 2.69. The SMILES string of the molecule is Cc1cc(Br)c(-n2c(C)cc(C(=O)CCl)c2C)cc1Cl. The standard InChI is InChI=1S/C15H14BrCl2NO/c1-8-4-12(16)14(6-13(8)18)19-9(2)5-11(10(19)3)15(20)7-17/h4-6H,7H2,1-3H3. The zero-order chi connectivity index (χ0) is 15.0. The lowest BCUT2D eigenvalue weighted by Crippen LogP contribution is -2.05. The summed E-state index contributed by atoms with van der Waals surface area (Å²) < 4.78 is 2.95. The van der Waals surface area contributed by atoms with Crippen molar-refractivity contribution < 1.29 is 4.79 Å². The summed E-state index contributed by atoms with van der Waals surface area (Å²) in [6.45, 7) is 5.82. The first-order valence-electron chi connectivity index (χ1n) is 6.11. The number of alkyl halides is 1. The minimum Gasteiger partial charge on any atom is -0.317 e. The van der Waals surface area contributed by atoms with Crippen LogP contribution in [0.4, 0.5) is 0 Å². The summed E-state index contributed by atoms with van der Waals surface area (Å²) in [6.07, 6.45) is 0. The number of hydrogen-bond donors (Lipinski definition) is 0. The third-order valence-electron chi connectivity index (χ3n) is 3.32. The minimum absolute atomic E-state index is 0.0138. The van der Waals surface area contributed by atoms with E-state index in [0.29, 0.717) is 10.6 Å². The number of aromatic nitrogens is 1. The molecule has 2 rings (SSSR count). The molecule has 0 saturated carbocycles. The zero-order valence-electron chi connectivity index (χ0n) is 11.4. The summed E-state index contributed by atoms with van der Waals surface area (Å²) in [4.78, 5) is 11.9. The number of hydrogen-bond acceptors (Lipinski definition) is 1. The van der Waals surface area contributed by atoms with Gasteiger partial charge in [-0.1, -0.05) is 11.6 Å². The molecule has 0 radical (unpaired) electrons. The van der Waals surface area contributed by atoms with E-state index in [2.05, 4.69) is 15.9 Å². The average molecular weight is 375 g/mol. The van der Waals surface area contributed by atoms with Crippen molar-refractivity contribution in [1.29, 1.82) is 0 Å². The normalized spacial score (nSPS) is 10.9.